The molecule has 10 heteroatoms. The first kappa shape index (κ1) is 29.7. The van der Waals surface area contributed by atoms with Gasteiger partial charge in [0.15, 0.2) is 17.7 Å². The highest BCUT2D eigenvalue weighted by atomic mass is 19.1. The molecule has 8 nitrogen and oxygen atoms in total. The number of carboxylic acid groups (broad SMARTS) is 1. The van der Waals surface area contributed by atoms with Crippen molar-refractivity contribution >= 4 is 11.9 Å². The van der Waals surface area contributed by atoms with Gasteiger partial charge in [0.2, 0.25) is 0 Å². The van der Waals surface area contributed by atoms with Gasteiger partial charge in [-0.15, -0.1) is 0 Å². The fourth-order valence-corrected chi connectivity index (χ4v) is 5.34. The molecule has 2 aliphatic carbocycles. The van der Waals surface area contributed by atoms with Gasteiger partial charge in [-0.2, -0.15) is 0 Å². The predicted octanol–water partition coefficient (Wildman–Crippen LogP) is 3.53. The number of fused-ring (bicyclic) bond motifs is 1. The van der Waals surface area contributed by atoms with Gasteiger partial charge in [0, 0.05) is 18.4 Å². The van der Waals surface area contributed by atoms with Crippen molar-refractivity contribution in [2.45, 2.75) is 82.9 Å². The molecule has 38 heavy (non-hydrogen) atoms. The fourth-order valence-electron chi connectivity index (χ4n) is 5.34. The zero-order valence-electron chi connectivity index (χ0n) is 21.5. The summed E-state index contributed by atoms with van der Waals surface area (Å²) in [6.45, 7) is 3.67. The number of carboxylic acids is 1. The number of halogens is 2. The molecular weight excluding hydrogens is 502 g/mol. The third-order valence-corrected chi connectivity index (χ3v) is 7.22. The average molecular weight is 539 g/mol. The molecule has 0 saturated heterocycles. The quantitative estimate of drug-likeness (QED) is 0.297. The van der Waals surface area contributed by atoms with E-state index in [-0.39, 0.29) is 42.8 Å². The Kier molecular flexibility index (Phi) is 10.4. The number of benzene rings is 1. The number of allylic oxidation sites excluding steroid dienone is 2. The van der Waals surface area contributed by atoms with E-state index in [2.05, 4.69) is 0 Å². The van der Waals surface area contributed by atoms with Crippen LogP contribution < -0.4 is 4.74 Å². The molecule has 0 amide bonds. The molecule has 0 fully saturated rings. The summed E-state index contributed by atoms with van der Waals surface area (Å²) >= 11 is 0. The van der Waals surface area contributed by atoms with E-state index in [1.54, 1.807) is 13.0 Å². The number of aliphatic carboxylic acids is 1. The van der Waals surface area contributed by atoms with Gasteiger partial charge < -0.3 is 29.9 Å². The predicted molar refractivity (Wildman–Crippen MR) is 133 cm³/mol. The summed E-state index contributed by atoms with van der Waals surface area (Å²) in [5.74, 6) is -4.15. The topological polar surface area (TPSA) is 134 Å². The molecule has 1 aromatic carbocycles. The van der Waals surface area contributed by atoms with Crippen molar-refractivity contribution in [2.75, 3.05) is 0 Å². The highest BCUT2D eigenvalue weighted by molar-refractivity contribution is 5.75. The number of esters is 1. The highest BCUT2D eigenvalue weighted by Crippen LogP contribution is 2.44. The van der Waals surface area contributed by atoms with E-state index in [1.165, 1.54) is 0 Å². The average Bonchev–Trinajstić information content (AvgIpc) is 2.82. The second kappa shape index (κ2) is 13.3. The van der Waals surface area contributed by atoms with Crippen LogP contribution in [0.2, 0.25) is 0 Å². The number of hydrogen-bond acceptors (Lipinski definition) is 7. The van der Waals surface area contributed by atoms with E-state index in [1.807, 2.05) is 19.1 Å². The molecule has 8 atom stereocenters. The van der Waals surface area contributed by atoms with Crippen molar-refractivity contribution in [1.29, 1.82) is 0 Å². The van der Waals surface area contributed by atoms with Crippen LogP contribution in [-0.4, -0.2) is 62.9 Å². The molecule has 0 unspecified atom stereocenters. The van der Waals surface area contributed by atoms with Crippen molar-refractivity contribution < 1.29 is 48.3 Å². The number of carbonyl (C=O) groups is 2. The summed E-state index contributed by atoms with van der Waals surface area (Å²) in [4.78, 5) is 23.9. The second-order valence-electron chi connectivity index (χ2n) is 10.2. The summed E-state index contributed by atoms with van der Waals surface area (Å²) in [5, 5.41) is 39.5. The first-order valence-electron chi connectivity index (χ1n) is 13.0. The number of hydrogen-bond donors (Lipinski definition) is 4. The molecular formula is C28H36F2O8. The van der Waals surface area contributed by atoms with Crippen LogP contribution in [0.4, 0.5) is 8.78 Å². The van der Waals surface area contributed by atoms with Crippen LogP contribution in [0.3, 0.4) is 0 Å². The third kappa shape index (κ3) is 7.85. The number of carbonyl (C=O) groups excluding carboxylic acids is 1. The zero-order valence-corrected chi connectivity index (χ0v) is 21.5. The van der Waals surface area contributed by atoms with Crippen LogP contribution in [-0.2, 0) is 14.3 Å². The van der Waals surface area contributed by atoms with Crippen LogP contribution in [0.25, 0.3) is 0 Å². The van der Waals surface area contributed by atoms with Gasteiger partial charge in [-0.05, 0) is 55.2 Å². The minimum absolute atomic E-state index is 0.0521. The molecule has 2 aliphatic rings. The fraction of sp³-hybridized carbons (Fsp3) is 0.571. The molecule has 0 heterocycles. The Hall–Kier alpha value is -2.82. The molecule has 0 aliphatic heterocycles. The summed E-state index contributed by atoms with van der Waals surface area (Å²) < 4.78 is 38.7. The summed E-state index contributed by atoms with van der Waals surface area (Å²) in [5.41, 5.74) is 0.809. The van der Waals surface area contributed by atoms with E-state index in [4.69, 9.17) is 14.6 Å². The minimum atomic E-state index is -1.16. The van der Waals surface area contributed by atoms with E-state index in [9.17, 15) is 33.7 Å². The summed E-state index contributed by atoms with van der Waals surface area (Å²) in [6.07, 6.45) is 1.46. The van der Waals surface area contributed by atoms with Crippen molar-refractivity contribution in [3.63, 3.8) is 0 Å². The van der Waals surface area contributed by atoms with Crippen LogP contribution in [0.5, 0.6) is 5.75 Å². The van der Waals surface area contributed by atoms with Crippen molar-refractivity contribution in [3.8, 4) is 5.75 Å². The first-order chi connectivity index (χ1) is 18.0. The van der Waals surface area contributed by atoms with Crippen molar-refractivity contribution in [2.24, 2.45) is 17.8 Å². The van der Waals surface area contributed by atoms with Crippen LogP contribution in [0.1, 0.15) is 52.4 Å². The second-order valence-corrected chi connectivity index (χ2v) is 10.2. The van der Waals surface area contributed by atoms with Crippen molar-refractivity contribution in [3.05, 3.63) is 53.6 Å². The van der Waals surface area contributed by atoms with E-state index in [0.29, 0.717) is 18.9 Å². The molecule has 0 saturated carbocycles. The number of aliphatic hydroxyl groups excluding tert-OH is 3. The lowest BCUT2D eigenvalue weighted by atomic mass is 9.66. The Morgan fingerprint density at radius 1 is 1.18 bits per heavy atom. The standard InChI is InChI=1S/C28H36F2O8/c1-3-23(37-24-9-6-17(29)11-22(24)30)28(36)38-25-13-19(32)10-16-5-4-15(2)21(27(16)25)8-7-18(31)12-20(33)14-26(34)35/h4-6,9-11,15,18-21,23,25,27,31-33H,3,7-8,12-14H2,1-2H3,(H,34,35)/t15-,18-,19-,20-,21+,23+,25+,27+/m1/s1. The summed E-state index contributed by atoms with van der Waals surface area (Å²) in [7, 11) is 0. The van der Waals surface area contributed by atoms with Gasteiger partial charge in [0.1, 0.15) is 11.9 Å². The molecule has 210 valence electrons. The molecule has 0 spiro atoms. The normalized spacial score (nSPS) is 27.0. The Morgan fingerprint density at radius 2 is 1.92 bits per heavy atom. The molecule has 3 rings (SSSR count). The lowest BCUT2D eigenvalue weighted by Gasteiger charge is -2.43. The maximum Gasteiger partial charge on any atom is 0.347 e. The monoisotopic (exact) mass is 538 g/mol. The highest BCUT2D eigenvalue weighted by Gasteiger charge is 2.42. The van der Waals surface area contributed by atoms with Gasteiger partial charge in [0.05, 0.1) is 24.7 Å². The molecule has 0 bridgehead atoms. The first-order valence-corrected chi connectivity index (χ1v) is 13.0. The summed E-state index contributed by atoms with van der Waals surface area (Å²) in [6, 6.07) is 2.80. The van der Waals surface area contributed by atoms with E-state index >= 15 is 0 Å². The molecule has 1 aromatic rings. The van der Waals surface area contributed by atoms with Gasteiger partial charge in [0.25, 0.3) is 0 Å². The maximum atomic E-state index is 14.1. The zero-order chi connectivity index (χ0) is 28.0. The van der Waals surface area contributed by atoms with Crippen LogP contribution in [0.15, 0.2) is 42.0 Å². The maximum absolute atomic E-state index is 14.1. The van der Waals surface area contributed by atoms with Gasteiger partial charge >= 0.3 is 11.9 Å². The largest absolute Gasteiger partial charge is 0.481 e. The lowest BCUT2D eigenvalue weighted by molar-refractivity contribution is -0.163. The molecule has 0 radical (unpaired) electrons. The van der Waals surface area contributed by atoms with Gasteiger partial charge in [-0.1, -0.05) is 32.1 Å². The van der Waals surface area contributed by atoms with Gasteiger partial charge in [-0.25, -0.2) is 13.6 Å². The third-order valence-electron chi connectivity index (χ3n) is 7.22. The smallest absolute Gasteiger partial charge is 0.347 e. The Bertz CT molecular complexity index is 1040. The number of aliphatic hydroxyl groups is 3. The lowest BCUT2D eigenvalue weighted by Crippen LogP contribution is -2.44. The van der Waals surface area contributed by atoms with Crippen LogP contribution in [0, 0.1) is 29.4 Å². The van der Waals surface area contributed by atoms with E-state index in [0.717, 1.165) is 17.7 Å². The SMILES string of the molecule is CC[C@H](Oc1ccc(F)cc1F)C(=O)O[C@H]1C[C@H](O)C=C2C=C[C@@H](C)[C@H](CC[C@@H](O)C[C@@H](O)CC(=O)O)[C@H]21. The Labute approximate surface area is 220 Å². The molecule has 4 N–H and O–H groups in total. The van der Waals surface area contributed by atoms with Gasteiger partial charge in [-0.3, -0.25) is 4.79 Å². The van der Waals surface area contributed by atoms with E-state index < -0.39 is 60.5 Å². The van der Waals surface area contributed by atoms with Crippen molar-refractivity contribution in [1.82, 2.24) is 0 Å². The number of ether oxygens (including phenoxy) is 2. The Morgan fingerprint density at radius 3 is 2.58 bits per heavy atom. The Balaban J connectivity index is 1.72. The van der Waals surface area contributed by atoms with Crippen LogP contribution >= 0.6 is 0 Å². The number of rotatable bonds is 12. The minimum Gasteiger partial charge on any atom is -0.481 e. The molecule has 0 aromatic heterocycles.